The van der Waals surface area contributed by atoms with Gasteiger partial charge in [-0.05, 0) is 35.7 Å². The second-order valence-electron chi connectivity index (χ2n) is 7.26. The zero-order valence-corrected chi connectivity index (χ0v) is 18.5. The number of hydrogen-bond donors (Lipinski definition) is 1. The van der Waals surface area contributed by atoms with Crippen molar-refractivity contribution in [3.63, 3.8) is 0 Å². The summed E-state index contributed by atoms with van der Waals surface area (Å²) >= 11 is 1.37. The lowest BCUT2D eigenvalue weighted by Crippen LogP contribution is -2.29. The van der Waals surface area contributed by atoms with E-state index in [1.165, 1.54) is 30.5 Å². The number of fused-ring (bicyclic) bond motifs is 1. The Hall–Kier alpha value is -3.98. The number of methoxy groups -OCH3 is 2. The number of nitrogens with zero attached hydrogens (tertiary/aromatic N) is 1. The first-order valence-electron chi connectivity index (χ1n) is 10.0. The fourth-order valence-corrected chi connectivity index (χ4v) is 4.89. The molecule has 0 bridgehead atoms. The second kappa shape index (κ2) is 8.18. The van der Waals surface area contributed by atoms with Gasteiger partial charge in [0.2, 0.25) is 6.79 Å². The fourth-order valence-electron chi connectivity index (χ4n) is 4.07. The molecule has 5 rings (SSSR count). The van der Waals surface area contributed by atoms with E-state index in [0.717, 1.165) is 0 Å². The SMILES string of the molecule is COc1cccc(OC)c1/C(O)=C1\C(=O)C(=O)N(c2ccc3c(c2)OCO3)C1c1cccs1. The minimum Gasteiger partial charge on any atom is -0.506 e. The van der Waals surface area contributed by atoms with E-state index < -0.39 is 17.7 Å². The van der Waals surface area contributed by atoms with Crippen LogP contribution in [-0.2, 0) is 9.59 Å². The molecule has 3 heterocycles. The van der Waals surface area contributed by atoms with Crippen LogP contribution < -0.4 is 23.8 Å². The number of hydrogen-bond acceptors (Lipinski definition) is 8. The number of carbonyl (C=O) groups excluding carboxylic acids is 2. The molecule has 8 nitrogen and oxygen atoms in total. The molecule has 1 fully saturated rings. The van der Waals surface area contributed by atoms with E-state index in [2.05, 4.69) is 0 Å². The standard InChI is InChI=1S/C24H19NO7S/c1-29-15-5-3-6-16(30-2)19(15)22(26)20-21(18-7-4-10-33-18)25(24(28)23(20)27)13-8-9-14-17(11-13)32-12-31-14/h3-11,21,26H,12H2,1-2H3/b22-20+. The predicted octanol–water partition coefficient (Wildman–Crippen LogP) is 4.12. The molecule has 0 saturated carbocycles. The third-order valence-corrected chi connectivity index (χ3v) is 6.48. The summed E-state index contributed by atoms with van der Waals surface area (Å²) in [4.78, 5) is 28.6. The van der Waals surface area contributed by atoms with Gasteiger partial charge in [0, 0.05) is 16.6 Å². The normalized spacial score (nSPS) is 18.6. The van der Waals surface area contributed by atoms with Crippen LogP contribution in [0.5, 0.6) is 23.0 Å². The molecule has 1 unspecified atom stereocenters. The van der Waals surface area contributed by atoms with Gasteiger partial charge in [-0.15, -0.1) is 11.3 Å². The number of thiophene rings is 1. The molecule has 9 heteroatoms. The maximum absolute atomic E-state index is 13.3. The third-order valence-electron chi connectivity index (χ3n) is 5.56. The first-order chi connectivity index (χ1) is 16.0. The van der Waals surface area contributed by atoms with Crippen molar-refractivity contribution >= 4 is 34.5 Å². The molecule has 1 saturated heterocycles. The van der Waals surface area contributed by atoms with Crippen LogP contribution >= 0.6 is 11.3 Å². The summed E-state index contributed by atoms with van der Waals surface area (Å²) in [5, 5.41) is 13.2. The van der Waals surface area contributed by atoms with Gasteiger partial charge in [0.15, 0.2) is 11.5 Å². The number of carbonyl (C=O) groups is 2. The molecular weight excluding hydrogens is 446 g/mol. The molecule has 1 aromatic heterocycles. The highest BCUT2D eigenvalue weighted by Crippen LogP contribution is 2.47. The van der Waals surface area contributed by atoms with Crippen molar-refractivity contribution in [3.8, 4) is 23.0 Å². The molecule has 1 N–H and O–H groups in total. The van der Waals surface area contributed by atoms with Crippen LogP contribution in [0.1, 0.15) is 16.5 Å². The molecular formula is C24H19NO7S. The minimum atomic E-state index is -0.847. The Morgan fingerprint density at radius 3 is 2.42 bits per heavy atom. The highest BCUT2D eigenvalue weighted by atomic mass is 32.1. The number of amides is 1. The monoisotopic (exact) mass is 465 g/mol. The van der Waals surface area contributed by atoms with Crippen LogP contribution in [0.4, 0.5) is 5.69 Å². The van der Waals surface area contributed by atoms with Crippen LogP contribution in [0.25, 0.3) is 5.76 Å². The predicted molar refractivity (Wildman–Crippen MR) is 121 cm³/mol. The lowest BCUT2D eigenvalue weighted by molar-refractivity contribution is -0.132. The summed E-state index contributed by atoms with van der Waals surface area (Å²) in [5.74, 6) is -0.284. The molecule has 0 spiro atoms. The zero-order valence-electron chi connectivity index (χ0n) is 17.7. The van der Waals surface area contributed by atoms with E-state index in [1.807, 2.05) is 17.5 Å². The largest absolute Gasteiger partial charge is 0.506 e. The highest BCUT2D eigenvalue weighted by Gasteiger charge is 2.48. The van der Waals surface area contributed by atoms with Crippen molar-refractivity contribution in [1.29, 1.82) is 0 Å². The Kier molecular flexibility index (Phi) is 5.18. The lowest BCUT2D eigenvalue weighted by Gasteiger charge is -2.24. The Bertz CT molecular complexity index is 1260. The summed E-state index contributed by atoms with van der Waals surface area (Å²) in [5.41, 5.74) is 0.599. The van der Waals surface area contributed by atoms with E-state index >= 15 is 0 Å². The van der Waals surface area contributed by atoms with Crippen LogP contribution in [0.3, 0.4) is 0 Å². The molecule has 0 aliphatic carbocycles. The fraction of sp³-hybridized carbons (Fsp3) is 0.167. The summed E-state index contributed by atoms with van der Waals surface area (Å²) < 4.78 is 21.6. The topological polar surface area (TPSA) is 94.5 Å². The number of anilines is 1. The summed E-state index contributed by atoms with van der Waals surface area (Å²) in [7, 11) is 2.90. The smallest absolute Gasteiger partial charge is 0.300 e. The maximum atomic E-state index is 13.3. The van der Waals surface area contributed by atoms with Crippen molar-refractivity contribution < 1.29 is 33.6 Å². The van der Waals surface area contributed by atoms with E-state index in [4.69, 9.17) is 18.9 Å². The second-order valence-corrected chi connectivity index (χ2v) is 8.24. The van der Waals surface area contributed by atoms with Crippen LogP contribution in [-0.4, -0.2) is 37.8 Å². The number of Topliss-reactive ketones (excluding diaryl/α,β-unsaturated/α-hetero) is 1. The Morgan fingerprint density at radius 2 is 1.76 bits per heavy atom. The quantitative estimate of drug-likeness (QED) is 0.344. The van der Waals surface area contributed by atoms with Crippen molar-refractivity contribution in [3.05, 3.63) is 69.9 Å². The Balaban J connectivity index is 1.73. The number of ether oxygens (including phenoxy) is 4. The zero-order chi connectivity index (χ0) is 23.1. The van der Waals surface area contributed by atoms with Crippen molar-refractivity contribution in [2.75, 3.05) is 25.9 Å². The highest BCUT2D eigenvalue weighted by molar-refractivity contribution is 7.10. The number of aliphatic hydroxyl groups excluding tert-OH is 1. The maximum Gasteiger partial charge on any atom is 0.300 e. The van der Waals surface area contributed by atoms with Gasteiger partial charge in [-0.25, -0.2) is 0 Å². The van der Waals surface area contributed by atoms with Gasteiger partial charge in [-0.3, -0.25) is 14.5 Å². The number of rotatable bonds is 5. The summed E-state index contributed by atoms with van der Waals surface area (Å²) in [6.07, 6.45) is 0. The molecule has 3 aromatic rings. The minimum absolute atomic E-state index is 0.0529. The van der Waals surface area contributed by atoms with Crippen molar-refractivity contribution in [2.45, 2.75) is 6.04 Å². The van der Waals surface area contributed by atoms with Gasteiger partial charge in [0.05, 0.1) is 19.8 Å². The Morgan fingerprint density at radius 1 is 1.03 bits per heavy atom. The van der Waals surface area contributed by atoms with E-state index in [-0.39, 0.29) is 23.7 Å². The van der Waals surface area contributed by atoms with Crippen molar-refractivity contribution in [1.82, 2.24) is 0 Å². The van der Waals surface area contributed by atoms with Crippen LogP contribution in [0.2, 0.25) is 0 Å². The van der Waals surface area contributed by atoms with Gasteiger partial charge in [-0.2, -0.15) is 0 Å². The van der Waals surface area contributed by atoms with Gasteiger partial charge < -0.3 is 24.1 Å². The van der Waals surface area contributed by atoms with Gasteiger partial charge >= 0.3 is 0 Å². The first kappa shape index (κ1) is 20.9. The van der Waals surface area contributed by atoms with Gasteiger partial charge in [0.25, 0.3) is 11.7 Å². The molecule has 2 aliphatic heterocycles. The lowest BCUT2D eigenvalue weighted by atomic mass is 9.98. The summed E-state index contributed by atoms with van der Waals surface area (Å²) in [6, 6.07) is 12.8. The number of benzene rings is 2. The van der Waals surface area contributed by atoms with Gasteiger partial charge in [-0.1, -0.05) is 12.1 Å². The molecule has 0 radical (unpaired) electrons. The summed E-state index contributed by atoms with van der Waals surface area (Å²) in [6.45, 7) is 0.0829. The van der Waals surface area contributed by atoms with E-state index in [9.17, 15) is 14.7 Å². The van der Waals surface area contributed by atoms with Crippen LogP contribution in [0.15, 0.2) is 59.5 Å². The molecule has 1 amide bonds. The molecule has 1 atom stereocenters. The average Bonchev–Trinajstić information content (AvgIpc) is 3.58. The Labute approximate surface area is 193 Å². The van der Waals surface area contributed by atoms with Crippen molar-refractivity contribution in [2.24, 2.45) is 0 Å². The third kappa shape index (κ3) is 3.28. The molecule has 2 aliphatic rings. The number of ketones is 1. The number of aliphatic hydroxyl groups is 1. The average molecular weight is 465 g/mol. The molecule has 33 heavy (non-hydrogen) atoms. The molecule has 168 valence electrons. The van der Waals surface area contributed by atoms with E-state index in [1.54, 1.807) is 36.4 Å². The van der Waals surface area contributed by atoms with E-state index in [0.29, 0.717) is 33.6 Å². The first-order valence-corrected chi connectivity index (χ1v) is 10.9. The van der Waals surface area contributed by atoms with Gasteiger partial charge in [0.1, 0.15) is 28.9 Å². The van der Waals surface area contributed by atoms with Crippen LogP contribution in [0, 0.1) is 0 Å². The molecule has 2 aromatic carbocycles.